The molecule has 1 rings (SSSR count). The number of anilines is 1. The SMILES string of the molecule is COc1ccc(C[C@H](NC(=O)OC(C)(C)C)C(=O)O)cc1N. The number of nitrogen functional groups attached to an aromatic ring is 1. The van der Waals surface area contributed by atoms with Crippen LogP contribution in [-0.2, 0) is 16.0 Å². The van der Waals surface area contributed by atoms with Crippen LogP contribution in [0.1, 0.15) is 26.3 Å². The summed E-state index contributed by atoms with van der Waals surface area (Å²) in [5.74, 6) is -0.643. The summed E-state index contributed by atoms with van der Waals surface area (Å²) in [5.41, 5.74) is 6.16. The Bertz CT molecular complexity index is 551. The van der Waals surface area contributed by atoms with Crippen LogP contribution in [0.25, 0.3) is 0 Å². The number of hydrogen-bond acceptors (Lipinski definition) is 5. The summed E-state index contributed by atoms with van der Waals surface area (Å²) in [4.78, 5) is 23.0. The highest BCUT2D eigenvalue weighted by Gasteiger charge is 2.24. The van der Waals surface area contributed by atoms with E-state index in [1.165, 1.54) is 7.11 Å². The zero-order chi connectivity index (χ0) is 16.9. The topological polar surface area (TPSA) is 111 Å². The van der Waals surface area contributed by atoms with E-state index >= 15 is 0 Å². The van der Waals surface area contributed by atoms with Crippen LogP contribution in [0.2, 0.25) is 0 Å². The van der Waals surface area contributed by atoms with Gasteiger partial charge in [-0.2, -0.15) is 0 Å². The van der Waals surface area contributed by atoms with Crippen molar-refractivity contribution in [2.24, 2.45) is 0 Å². The highest BCUT2D eigenvalue weighted by molar-refractivity contribution is 5.80. The van der Waals surface area contributed by atoms with Crippen molar-refractivity contribution in [1.29, 1.82) is 0 Å². The van der Waals surface area contributed by atoms with Gasteiger partial charge in [-0.25, -0.2) is 9.59 Å². The molecule has 7 heteroatoms. The van der Waals surface area contributed by atoms with E-state index in [9.17, 15) is 14.7 Å². The second-order valence-corrected chi connectivity index (χ2v) is 5.82. The third-order valence-corrected chi connectivity index (χ3v) is 2.72. The highest BCUT2D eigenvalue weighted by Crippen LogP contribution is 2.22. The molecule has 0 aromatic heterocycles. The summed E-state index contributed by atoms with van der Waals surface area (Å²) in [6.45, 7) is 5.10. The fourth-order valence-electron chi connectivity index (χ4n) is 1.80. The Balaban J connectivity index is 2.78. The predicted molar refractivity (Wildman–Crippen MR) is 81.9 cm³/mol. The molecule has 0 aliphatic heterocycles. The number of nitrogens with one attached hydrogen (secondary N) is 1. The van der Waals surface area contributed by atoms with Gasteiger partial charge in [0.1, 0.15) is 17.4 Å². The third kappa shape index (κ3) is 5.51. The van der Waals surface area contributed by atoms with Crippen LogP contribution in [0.4, 0.5) is 10.5 Å². The molecule has 7 nitrogen and oxygen atoms in total. The Morgan fingerprint density at radius 3 is 2.45 bits per heavy atom. The molecule has 1 aromatic carbocycles. The minimum Gasteiger partial charge on any atom is -0.495 e. The van der Waals surface area contributed by atoms with Crippen LogP contribution in [0.15, 0.2) is 18.2 Å². The smallest absolute Gasteiger partial charge is 0.408 e. The molecule has 0 bridgehead atoms. The first-order chi connectivity index (χ1) is 10.1. The van der Waals surface area contributed by atoms with Crippen molar-refractivity contribution >= 4 is 17.7 Å². The van der Waals surface area contributed by atoms with Crippen molar-refractivity contribution in [2.75, 3.05) is 12.8 Å². The van der Waals surface area contributed by atoms with Crippen LogP contribution in [-0.4, -0.2) is 35.9 Å². The number of carboxylic acid groups (broad SMARTS) is 1. The first-order valence-corrected chi connectivity index (χ1v) is 6.77. The Hall–Kier alpha value is -2.44. The van der Waals surface area contributed by atoms with Crippen molar-refractivity contribution in [2.45, 2.75) is 38.8 Å². The Morgan fingerprint density at radius 1 is 1.36 bits per heavy atom. The number of nitrogens with two attached hydrogens (primary N) is 1. The summed E-state index contributed by atoms with van der Waals surface area (Å²) in [7, 11) is 1.50. The largest absolute Gasteiger partial charge is 0.495 e. The standard InChI is InChI=1S/C15H22N2O5/c1-15(2,3)22-14(20)17-11(13(18)19)8-9-5-6-12(21-4)10(16)7-9/h5-7,11H,8,16H2,1-4H3,(H,17,20)(H,18,19)/t11-/m0/s1. The number of alkyl carbamates (subject to hydrolysis) is 1. The maximum Gasteiger partial charge on any atom is 0.408 e. The first kappa shape index (κ1) is 17.6. The van der Waals surface area contributed by atoms with E-state index < -0.39 is 23.7 Å². The summed E-state index contributed by atoms with van der Waals surface area (Å²) >= 11 is 0. The van der Waals surface area contributed by atoms with E-state index in [1.807, 2.05) is 0 Å². The lowest BCUT2D eigenvalue weighted by Crippen LogP contribution is -2.44. The molecule has 4 N–H and O–H groups in total. The van der Waals surface area contributed by atoms with E-state index in [4.69, 9.17) is 15.2 Å². The molecule has 0 saturated heterocycles. The maximum atomic E-state index is 11.7. The molecule has 0 fully saturated rings. The molecule has 0 unspecified atom stereocenters. The monoisotopic (exact) mass is 310 g/mol. The van der Waals surface area contributed by atoms with Gasteiger partial charge in [-0.3, -0.25) is 0 Å². The van der Waals surface area contributed by atoms with Crippen LogP contribution < -0.4 is 15.8 Å². The van der Waals surface area contributed by atoms with Crippen LogP contribution in [0.3, 0.4) is 0 Å². The van der Waals surface area contributed by atoms with Gasteiger partial charge in [-0.15, -0.1) is 0 Å². The molecule has 1 amide bonds. The second kappa shape index (κ2) is 7.02. The van der Waals surface area contributed by atoms with Gasteiger partial charge in [0.05, 0.1) is 12.8 Å². The first-order valence-electron chi connectivity index (χ1n) is 6.77. The van der Waals surface area contributed by atoms with E-state index in [0.717, 1.165) is 0 Å². The third-order valence-electron chi connectivity index (χ3n) is 2.72. The Kier molecular flexibility index (Phi) is 5.62. The molecular weight excluding hydrogens is 288 g/mol. The maximum absolute atomic E-state index is 11.7. The molecule has 0 saturated carbocycles. The zero-order valence-electron chi connectivity index (χ0n) is 13.2. The summed E-state index contributed by atoms with van der Waals surface area (Å²) in [6, 6.07) is 3.85. The fourth-order valence-corrected chi connectivity index (χ4v) is 1.80. The molecule has 22 heavy (non-hydrogen) atoms. The predicted octanol–water partition coefficient (Wildman–Crippen LogP) is 1.80. The number of aliphatic carboxylic acids is 1. The Morgan fingerprint density at radius 2 is 2.00 bits per heavy atom. The molecule has 0 aliphatic rings. The number of carbonyl (C=O) groups is 2. The van der Waals surface area contributed by atoms with Gasteiger partial charge in [0.25, 0.3) is 0 Å². The van der Waals surface area contributed by atoms with Gasteiger partial charge in [0.2, 0.25) is 0 Å². The van der Waals surface area contributed by atoms with Crippen molar-refractivity contribution in [3.8, 4) is 5.75 Å². The minimum atomic E-state index is -1.15. The number of amides is 1. The minimum absolute atomic E-state index is 0.0861. The molecule has 122 valence electrons. The van der Waals surface area contributed by atoms with E-state index in [2.05, 4.69) is 5.32 Å². The summed E-state index contributed by atoms with van der Waals surface area (Å²) in [5, 5.41) is 11.6. The summed E-state index contributed by atoms with van der Waals surface area (Å²) < 4.78 is 10.1. The van der Waals surface area contributed by atoms with Gasteiger partial charge in [0.15, 0.2) is 0 Å². The molecule has 0 radical (unpaired) electrons. The number of benzene rings is 1. The van der Waals surface area contributed by atoms with Gasteiger partial charge >= 0.3 is 12.1 Å². The van der Waals surface area contributed by atoms with Crippen LogP contribution in [0.5, 0.6) is 5.75 Å². The van der Waals surface area contributed by atoms with Crippen molar-refractivity contribution in [1.82, 2.24) is 5.32 Å². The average molecular weight is 310 g/mol. The van der Waals surface area contributed by atoms with Crippen molar-refractivity contribution < 1.29 is 24.2 Å². The quantitative estimate of drug-likeness (QED) is 0.715. The molecule has 0 spiro atoms. The van der Waals surface area contributed by atoms with E-state index in [1.54, 1.807) is 39.0 Å². The van der Waals surface area contributed by atoms with Crippen LogP contribution in [0, 0.1) is 0 Å². The van der Waals surface area contributed by atoms with Gasteiger partial charge < -0.3 is 25.6 Å². The summed E-state index contributed by atoms with van der Waals surface area (Å²) in [6.07, 6.45) is -0.690. The van der Waals surface area contributed by atoms with Gasteiger partial charge in [0, 0.05) is 6.42 Å². The van der Waals surface area contributed by atoms with Crippen molar-refractivity contribution in [3.05, 3.63) is 23.8 Å². The number of hydrogen-bond donors (Lipinski definition) is 3. The molecule has 1 aromatic rings. The Labute approximate surface area is 129 Å². The number of methoxy groups -OCH3 is 1. The number of carbonyl (C=O) groups excluding carboxylic acids is 1. The van der Waals surface area contributed by atoms with Gasteiger partial charge in [-0.05, 0) is 38.5 Å². The second-order valence-electron chi connectivity index (χ2n) is 5.82. The highest BCUT2D eigenvalue weighted by atomic mass is 16.6. The average Bonchev–Trinajstić information content (AvgIpc) is 2.35. The lowest BCUT2D eigenvalue weighted by molar-refractivity contribution is -0.139. The van der Waals surface area contributed by atoms with Gasteiger partial charge in [-0.1, -0.05) is 6.07 Å². The number of rotatable bonds is 5. The normalized spacial score (nSPS) is 12.4. The molecule has 1 atom stereocenters. The molecule has 0 heterocycles. The molecular formula is C15H22N2O5. The lowest BCUT2D eigenvalue weighted by atomic mass is 10.1. The van der Waals surface area contributed by atoms with Crippen LogP contribution >= 0.6 is 0 Å². The number of ether oxygens (including phenoxy) is 2. The zero-order valence-corrected chi connectivity index (χ0v) is 13.2. The molecule has 0 aliphatic carbocycles. The van der Waals surface area contributed by atoms with E-state index in [0.29, 0.717) is 17.0 Å². The lowest BCUT2D eigenvalue weighted by Gasteiger charge is -2.22. The van der Waals surface area contributed by atoms with E-state index in [-0.39, 0.29) is 6.42 Å². The van der Waals surface area contributed by atoms with Crippen molar-refractivity contribution in [3.63, 3.8) is 0 Å². The number of carboxylic acids is 1. The fraction of sp³-hybridized carbons (Fsp3) is 0.467.